The molecule has 17 heavy (non-hydrogen) atoms. The molecular formula is C10H11ClN6. The maximum atomic E-state index is 5.91. The smallest absolute Gasteiger partial charge is 0.241 e. The van der Waals surface area contributed by atoms with Gasteiger partial charge in [0.25, 0.3) is 0 Å². The second-order valence-corrected chi connectivity index (χ2v) is 4.35. The van der Waals surface area contributed by atoms with Gasteiger partial charge in [-0.3, -0.25) is 4.57 Å². The fourth-order valence-electron chi connectivity index (χ4n) is 1.61. The Morgan fingerprint density at radius 2 is 2.18 bits per heavy atom. The Labute approximate surface area is 103 Å². The summed E-state index contributed by atoms with van der Waals surface area (Å²) in [5.41, 5.74) is 0. The lowest BCUT2D eigenvalue weighted by Crippen LogP contribution is -2.23. The zero-order valence-electron chi connectivity index (χ0n) is 9.28. The standard InChI is InChI=1S/C10H11ClN6/c1-16(7-2-3-7)9-13-8(11)14-10(15-9)17-5-4-12-6-17/h4-7H,2-3H2,1H3. The van der Waals surface area contributed by atoms with Crippen LogP contribution >= 0.6 is 11.6 Å². The molecule has 0 amide bonds. The lowest BCUT2D eigenvalue weighted by Gasteiger charge is -2.16. The van der Waals surface area contributed by atoms with Crippen molar-refractivity contribution in [2.75, 3.05) is 11.9 Å². The molecule has 2 aromatic rings. The summed E-state index contributed by atoms with van der Waals surface area (Å²) in [5.74, 6) is 1.10. The van der Waals surface area contributed by atoms with Gasteiger partial charge in [0.1, 0.15) is 6.33 Å². The molecule has 0 unspecified atom stereocenters. The molecule has 2 heterocycles. The van der Waals surface area contributed by atoms with Gasteiger partial charge in [-0.1, -0.05) is 0 Å². The van der Waals surface area contributed by atoms with Gasteiger partial charge in [-0.05, 0) is 24.4 Å². The third kappa shape index (κ3) is 2.08. The highest BCUT2D eigenvalue weighted by molar-refractivity contribution is 6.28. The molecule has 1 saturated carbocycles. The molecule has 6 nitrogen and oxygen atoms in total. The summed E-state index contributed by atoms with van der Waals surface area (Å²) in [4.78, 5) is 18.6. The Morgan fingerprint density at radius 3 is 2.82 bits per heavy atom. The minimum atomic E-state index is 0.200. The van der Waals surface area contributed by atoms with Gasteiger partial charge in [0.05, 0.1) is 0 Å². The van der Waals surface area contributed by atoms with Crippen LogP contribution in [0.3, 0.4) is 0 Å². The number of aromatic nitrogens is 5. The van der Waals surface area contributed by atoms with E-state index in [4.69, 9.17) is 11.6 Å². The van der Waals surface area contributed by atoms with Crippen LogP contribution in [-0.2, 0) is 0 Å². The molecule has 0 spiro atoms. The van der Waals surface area contributed by atoms with Gasteiger partial charge in [0.2, 0.25) is 17.2 Å². The second-order valence-electron chi connectivity index (χ2n) is 4.02. The Kier molecular flexibility index (Phi) is 2.44. The predicted octanol–water partition coefficient (Wildman–Crippen LogP) is 1.31. The highest BCUT2D eigenvalue weighted by atomic mass is 35.5. The molecule has 3 rings (SSSR count). The predicted molar refractivity (Wildman–Crippen MR) is 63.4 cm³/mol. The van der Waals surface area contributed by atoms with E-state index in [-0.39, 0.29) is 5.28 Å². The summed E-state index contributed by atoms with van der Waals surface area (Å²) in [6.45, 7) is 0. The Balaban J connectivity index is 2.00. The van der Waals surface area contributed by atoms with Crippen molar-refractivity contribution in [2.24, 2.45) is 0 Å². The first kappa shape index (κ1) is 10.5. The molecule has 0 aliphatic heterocycles. The average Bonchev–Trinajstić information content (AvgIpc) is 3.02. The lowest BCUT2D eigenvalue weighted by atomic mass is 10.6. The quantitative estimate of drug-likeness (QED) is 0.822. The Morgan fingerprint density at radius 1 is 1.35 bits per heavy atom. The van der Waals surface area contributed by atoms with E-state index in [2.05, 4.69) is 19.9 Å². The molecule has 2 aromatic heterocycles. The van der Waals surface area contributed by atoms with Crippen molar-refractivity contribution in [2.45, 2.75) is 18.9 Å². The molecule has 88 valence electrons. The van der Waals surface area contributed by atoms with Crippen molar-refractivity contribution in [1.29, 1.82) is 0 Å². The molecule has 0 saturated heterocycles. The van der Waals surface area contributed by atoms with Crippen LogP contribution in [0, 0.1) is 0 Å². The van der Waals surface area contributed by atoms with E-state index >= 15 is 0 Å². The van der Waals surface area contributed by atoms with Crippen molar-refractivity contribution >= 4 is 17.5 Å². The van der Waals surface area contributed by atoms with Crippen LogP contribution in [0.15, 0.2) is 18.7 Å². The molecule has 7 heteroatoms. The van der Waals surface area contributed by atoms with Crippen LogP contribution in [0.1, 0.15) is 12.8 Å². The minimum Gasteiger partial charge on any atom is -0.341 e. The normalized spacial score (nSPS) is 14.9. The van der Waals surface area contributed by atoms with Gasteiger partial charge < -0.3 is 4.90 Å². The van der Waals surface area contributed by atoms with Gasteiger partial charge in [-0.25, -0.2) is 4.98 Å². The first-order chi connectivity index (χ1) is 8.24. The van der Waals surface area contributed by atoms with E-state index in [1.807, 2.05) is 11.9 Å². The maximum absolute atomic E-state index is 5.91. The zero-order chi connectivity index (χ0) is 11.8. The SMILES string of the molecule is CN(c1nc(Cl)nc(-n2ccnc2)n1)C1CC1. The number of halogens is 1. The minimum absolute atomic E-state index is 0.200. The van der Waals surface area contributed by atoms with Gasteiger partial charge in [-0.15, -0.1) is 0 Å². The van der Waals surface area contributed by atoms with Crippen molar-refractivity contribution in [3.63, 3.8) is 0 Å². The number of imidazole rings is 1. The topological polar surface area (TPSA) is 59.7 Å². The van der Waals surface area contributed by atoms with E-state index in [9.17, 15) is 0 Å². The maximum Gasteiger partial charge on any atom is 0.241 e. The fraction of sp³-hybridized carbons (Fsp3) is 0.400. The van der Waals surface area contributed by atoms with Crippen LogP contribution in [0.4, 0.5) is 5.95 Å². The van der Waals surface area contributed by atoms with Gasteiger partial charge in [-0.2, -0.15) is 15.0 Å². The Hall–Kier alpha value is -1.69. The largest absolute Gasteiger partial charge is 0.341 e. The third-order valence-electron chi connectivity index (χ3n) is 2.73. The molecule has 0 bridgehead atoms. The summed E-state index contributed by atoms with van der Waals surface area (Å²) in [5, 5.41) is 0.200. The highest BCUT2D eigenvalue weighted by Gasteiger charge is 2.28. The molecular weight excluding hydrogens is 240 g/mol. The van der Waals surface area contributed by atoms with E-state index in [1.165, 1.54) is 12.8 Å². The molecule has 0 N–H and O–H groups in total. The molecule has 1 fully saturated rings. The van der Waals surface area contributed by atoms with Gasteiger partial charge in [0.15, 0.2) is 0 Å². The number of hydrogen-bond donors (Lipinski definition) is 0. The molecule has 1 aliphatic carbocycles. The third-order valence-corrected chi connectivity index (χ3v) is 2.90. The lowest BCUT2D eigenvalue weighted by molar-refractivity contribution is 0.819. The molecule has 0 atom stereocenters. The van der Waals surface area contributed by atoms with Gasteiger partial charge in [0, 0.05) is 25.5 Å². The summed E-state index contributed by atoms with van der Waals surface area (Å²) < 4.78 is 1.71. The first-order valence-corrected chi connectivity index (χ1v) is 5.74. The van der Waals surface area contributed by atoms with E-state index in [0.717, 1.165) is 0 Å². The number of hydrogen-bond acceptors (Lipinski definition) is 5. The Bertz CT molecular complexity index is 522. The molecule has 0 aromatic carbocycles. The van der Waals surface area contributed by atoms with Crippen molar-refractivity contribution in [3.8, 4) is 5.95 Å². The number of rotatable bonds is 3. The van der Waals surface area contributed by atoms with Crippen molar-refractivity contribution < 1.29 is 0 Å². The van der Waals surface area contributed by atoms with Gasteiger partial charge >= 0.3 is 0 Å². The first-order valence-electron chi connectivity index (χ1n) is 5.37. The fourth-order valence-corrected chi connectivity index (χ4v) is 1.76. The summed E-state index contributed by atoms with van der Waals surface area (Å²) in [6.07, 6.45) is 7.43. The summed E-state index contributed by atoms with van der Waals surface area (Å²) in [6, 6.07) is 0.532. The summed E-state index contributed by atoms with van der Waals surface area (Å²) in [7, 11) is 1.97. The van der Waals surface area contributed by atoms with Crippen LogP contribution in [0.2, 0.25) is 5.28 Å². The monoisotopic (exact) mass is 250 g/mol. The zero-order valence-corrected chi connectivity index (χ0v) is 10.0. The van der Waals surface area contributed by atoms with Crippen LogP contribution < -0.4 is 4.90 Å². The van der Waals surface area contributed by atoms with Crippen molar-refractivity contribution in [3.05, 3.63) is 24.0 Å². The highest BCUT2D eigenvalue weighted by Crippen LogP contribution is 2.28. The van der Waals surface area contributed by atoms with Crippen LogP contribution in [-0.4, -0.2) is 37.6 Å². The van der Waals surface area contributed by atoms with Crippen LogP contribution in [0.5, 0.6) is 0 Å². The van der Waals surface area contributed by atoms with E-state index in [0.29, 0.717) is 17.9 Å². The van der Waals surface area contributed by atoms with Crippen LogP contribution in [0.25, 0.3) is 5.95 Å². The number of nitrogens with zero attached hydrogens (tertiary/aromatic N) is 6. The van der Waals surface area contributed by atoms with E-state index < -0.39 is 0 Å². The average molecular weight is 251 g/mol. The molecule has 0 radical (unpaired) electrons. The number of anilines is 1. The second kappa shape index (κ2) is 3.96. The van der Waals surface area contributed by atoms with E-state index in [1.54, 1.807) is 23.3 Å². The van der Waals surface area contributed by atoms with Crippen molar-refractivity contribution in [1.82, 2.24) is 24.5 Å². The summed E-state index contributed by atoms with van der Waals surface area (Å²) >= 11 is 5.91. The molecule has 1 aliphatic rings.